The van der Waals surface area contributed by atoms with E-state index in [1.165, 1.54) is 11.1 Å². The van der Waals surface area contributed by atoms with Crippen molar-refractivity contribution in [1.29, 1.82) is 0 Å². The fraction of sp³-hybridized carbons (Fsp3) is 0.576. The van der Waals surface area contributed by atoms with Gasteiger partial charge in [0.1, 0.15) is 12.0 Å². The van der Waals surface area contributed by atoms with Gasteiger partial charge in [0, 0.05) is 35.0 Å². The van der Waals surface area contributed by atoms with E-state index in [0.717, 1.165) is 68.5 Å². The predicted octanol–water partition coefficient (Wildman–Crippen LogP) is 5.92. The van der Waals surface area contributed by atoms with Gasteiger partial charge in [0.2, 0.25) is 10.0 Å². The summed E-state index contributed by atoms with van der Waals surface area (Å²) in [6.07, 6.45) is 8.43. The molecule has 2 aromatic rings. The first-order chi connectivity index (χ1) is 20.1. The van der Waals surface area contributed by atoms with Gasteiger partial charge in [-0.15, -0.1) is 0 Å². The first-order valence-corrected chi connectivity index (χ1v) is 17.3. The van der Waals surface area contributed by atoms with E-state index in [9.17, 15) is 18.0 Å². The molecule has 2 aromatic carbocycles. The zero-order valence-electron chi connectivity index (χ0n) is 24.5. The number of carbonyl (C=O) groups is 2. The van der Waals surface area contributed by atoms with Crippen molar-refractivity contribution < 1.29 is 22.7 Å². The van der Waals surface area contributed by atoms with Crippen LogP contribution in [0.5, 0.6) is 5.75 Å². The van der Waals surface area contributed by atoms with Crippen molar-refractivity contribution in [3.05, 3.63) is 58.1 Å². The molecule has 1 spiro atoms. The fourth-order valence-corrected chi connectivity index (χ4v) is 9.31. The summed E-state index contributed by atoms with van der Waals surface area (Å²) in [6.45, 7) is 5.54. The van der Waals surface area contributed by atoms with Gasteiger partial charge in [-0.05, 0) is 111 Å². The van der Waals surface area contributed by atoms with Crippen molar-refractivity contribution in [3.63, 3.8) is 0 Å². The Balaban J connectivity index is 1.42. The number of anilines is 1. The van der Waals surface area contributed by atoms with Crippen molar-refractivity contribution in [2.45, 2.75) is 75.9 Å². The molecule has 4 aliphatic rings. The van der Waals surface area contributed by atoms with Gasteiger partial charge >= 0.3 is 0 Å². The number of rotatable bonds is 1. The molecule has 1 fully saturated rings. The molecular formula is C33H41ClN2O5S. The quantitative estimate of drug-likeness (QED) is 0.402. The lowest BCUT2D eigenvalue weighted by Gasteiger charge is -2.46. The maximum absolute atomic E-state index is 13.3. The summed E-state index contributed by atoms with van der Waals surface area (Å²) in [5.41, 5.74) is 3.37. The molecule has 7 nitrogen and oxygen atoms in total. The smallest absolute Gasteiger partial charge is 0.264 e. The number of hydrogen-bond acceptors (Lipinski definition) is 6. The molecule has 2 heterocycles. The van der Waals surface area contributed by atoms with Crippen molar-refractivity contribution in [3.8, 4) is 5.75 Å². The van der Waals surface area contributed by atoms with Crippen LogP contribution in [-0.4, -0.2) is 45.6 Å². The van der Waals surface area contributed by atoms with Crippen LogP contribution in [0.1, 0.15) is 80.3 Å². The third-order valence-corrected chi connectivity index (χ3v) is 12.8. The normalized spacial score (nSPS) is 32.8. The number of ether oxygens (including phenoxy) is 1. The fourth-order valence-electron chi connectivity index (χ4n) is 7.80. The minimum Gasteiger partial charge on any atom is -0.490 e. The van der Waals surface area contributed by atoms with Crippen LogP contribution >= 0.6 is 11.6 Å². The summed E-state index contributed by atoms with van der Waals surface area (Å²) in [4.78, 5) is 28.0. The largest absolute Gasteiger partial charge is 0.490 e. The summed E-state index contributed by atoms with van der Waals surface area (Å²) in [7, 11) is -3.89. The Kier molecular flexibility index (Phi) is 8.07. The number of sulfonamides is 1. The molecule has 1 saturated carbocycles. The second-order valence-corrected chi connectivity index (χ2v) is 15.7. The molecule has 2 bridgehead atoms. The topological polar surface area (TPSA) is 92.8 Å². The monoisotopic (exact) mass is 612 g/mol. The van der Waals surface area contributed by atoms with E-state index in [2.05, 4.69) is 21.8 Å². The molecule has 226 valence electrons. The van der Waals surface area contributed by atoms with E-state index in [4.69, 9.17) is 16.3 Å². The number of aryl methyl sites for hydroxylation is 1. The van der Waals surface area contributed by atoms with Crippen molar-refractivity contribution in [2.75, 3.05) is 24.6 Å². The average Bonchev–Trinajstić information content (AvgIpc) is 3.10. The predicted molar refractivity (Wildman–Crippen MR) is 165 cm³/mol. The lowest BCUT2D eigenvalue weighted by molar-refractivity contribution is -0.115. The summed E-state index contributed by atoms with van der Waals surface area (Å²) < 4.78 is 35.3. The zero-order valence-corrected chi connectivity index (χ0v) is 26.1. The number of nitrogens with zero attached hydrogens (tertiary/aromatic N) is 1. The molecular weight excluding hydrogens is 572 g/mol. The number of fused-ring (bicyclic) bond motifs is 4. The molecule has 6 atom stereocenters. The minimum absolute atomic E-state index is 0.0315. The third kappa shape index (κ3) is 5.45. The maximum Gasteiger partial charge on any atom is 0.264 e. The van der Waals surface area contributed by atoms with Crippen molar-refractivity contribution in [2.24, 2.45) is 23.7 Å². The van der Waals surface area contributed by atoms with Crippen LogP contribution in [0.15, 0.2) is 36.4 Å². The molecule has 9 heteroatoms. The summed E-state index contributed by atoms with van der Waals surface area (Å²) in [6, 6.07) is 11.4. The highest BCUT2D eigenvalue weighted by Crippen LogP contribution is 2.47. The standard InChI is InChI=1S/C33H41ClN2O5S/c1-21-5-3-6-26(18-37)28-11-8-25(28)17-36-19-33(14-4-7-23-15-27(34)10-12-29(23)33)20-41-31-13-9-24(16-30(31)36)32(38)35-42(39,40)22(21)2/h9-10,12-13,15-16,18,21-22,25-26,28H,3-8,11,14,17,19-20H2,1-2H3,(H,35,38)/t21-,22+,25-,26-,28+,33-/m0/s1. The Bertz CT molecular complexity index is 1480. The SMILES string of the molecule is C[C@@H]1[C@@H](C)CCC[C@@H](C=O)[C@@H]2CC[C@H]2CN2C[C@@]3(CCCc4cc(Cl)ccc43)COc3ccc(cc32)C(=O)NS1(=O)=O. The molecule has 42 heavy (non-hydrogen) atoms. The lowest BCUT2D eigenvalue weighted by atomic mass is 9.65. The summed E-state index contributed by atoms with van der Waals surface area (Å²) in [5.74, 6) is 0.559. The number of nitrogens with one attached hydrogen (secondary N) is 1. The lowest BCUT2D eigenvalue weighted by Crippen LogP contribution is -2.49. The zero-order chi connectivity index (χ0) is 29.6. The molecule has 2 aliphatic carbocycles. The van der Waals surface area contributed by atoms with E-state index < -0.39 is 21.2 Å². The van der Waals surface area contributed by atoms with Gasteiger partial charge in [-0.3, -0.25) is 4.79 Å². The number of halogens is 1. The molecule has 0 saturated heterocycles. The van der Waals surface area contributed by atoms with E-state index in [1.807, 2.05) is 13.0 Å². The number of aldehydes is 1. The van der Waals surface area contributed by atoms with E-state index >= 15 is 0 Å². The second kappa shape index (κ2) is 11.5. The first-order valence-electron chi connectivity index (χ1n) is 15.4. The molecule has 6 rings (SSSR count). The number of hydrogen-bond donors (Lipinski definition) is 1. The molecule has 0 unspecified atom stereocenters. The number of benzene rings is 2. The number of carbonyl (C=O) groups excluding carboxylic acids is 2. The molecule has 0 aromatic heterocycles. The van der Waals surface area contributed by atoms with Gasteiger partial charge in [0.15, 0.2) is 0 Å². The molecule has 1 amide bonds. The summed E-state index contributed by atoms with van der Waals surface area (Å²) in [5, 5.41) is 0.000975. The van der Waals surface area contributed by atoms with Crippen LogP contribution in [0.2, 0.25) is 5.02 Å². The summed E-state index contributed by atoms with van der Waals surface area (Å²) >= 11 is 6.39. The Labute approximate surface area is 254 Å². The van der Waals surface area contributed by atoms with Gasteiger partial charge in [-0.2, -0.15) is 0 Å². The Morgan fingerprint density at radius 1 is 1.07 bits per heavy atom. The Morgan fingerprint density at radius 2 is 1.90 bits per heavy atom. The highest BCUT2D eigenvalue weighted by atomic mass is 35.5. The third-order valence-electron chi connectivity index (χ3n) is 10.7. The highest BCUT2D eigenvalue weighted by molar-refractivity contribution is 7.90. The van der Waals surface area contributed by atoms with Crippen LogP contribution in [0, 0.1) is 23.7 Å². The maximum atomic E-state index is 13.3. The number of amides is 1. The Hall–Kier alpha value is -2.58. The average molecular weight is 613 g/mol. The van der Waals surface area contributed by atoms with Gasteiger partial charge in [0.25, 0.3) is 5.91 Å². The van der Waals surface area contributed by atoms with Crippen molar-refractivity contribution in [1.82, 2.24) is 4.72 Å². The molecule has 1 N–H and O–H groups in total. The Morgan fingerprint density at radius 3 is 2.67 bits per heavy atom. The van der Waals surface area contributed by atoms with Crippen molar-refractivity contribution >= 4 is 39.5 Å². The van der Waals surface area contributed by atoms with Gasteiger partial charge in [-0.1, -0.05) is 31.0 Å². The molecule has 0 radical (unpaired) electrons. The molecule has 2 aliphatic heterocycles. The highest BCUT2D eigenvalue weighted by Gasteiger charge is 2.44. The van der Waals surface area contributed by atoms with E-state index in [1.54, 1.807) is 25.1 Å². The van der Waals surface area contributed by atoms with Crippen LogP contribution in [0.4, 0.5) is 5.69 Å². The van der Waals surface area contributed by atoms with Crippen LogP contribution in [0.25, 0.3) is 0 Å². The van der Waals surface area contributed by atoms with Crippen LogP contribution < -0.4 is 14.4 Å². The van der Waals surface area contributed by atoms with Gasteiger partial charge < -0.3 is 14.4 Å². The van der Waals surface area contributed by atoms with Gasteiger partial charge in [0.05, 0.1) is 17.5 Å². The van der Waals surface area contributed by atoms with Crippen LogP contribution in [0.3, 0.4) is 0 Å². The van der Waals surface area contributed by atoms with Crippen LogP contribution in [-0.2, 0) is 26.7 Å². The second-order valence-electron chi connectivity index (χ2n) is 13.2. The van der Waals surface area contributed by atoms with E-state index in [-0.39, 0.29) is 17.3 Å². The van der Waals surface area contributed by atoms with E-state index in [0.29, 0.717) is 42.7 Å². The van der Waals surface area contributed by atoms with Gasteiger partial charge in [-0.25, -0.2) is 13.1 Å². The first kappa shape index (κ1) is 29.5. The minimum atomic E-state index is -3.89.